The molecule has 0 N–H and O–H groups in total. The molecule has 3 aromatic carbocycles. The molecule has 1 aliphatic rings. The fourth-order valence-corrected chi connectivity index (χ4v) is 5.13. The van der Waals surface area contributed by atoms with Crippen LogP contribution in [-0.4, -0.2) is 51.4 Å². The molecule has 0 unspecified atom stereocenters. The van der Waals surface area contributed by atoms with E-state index in [9.17, 15) is 27.8 Å². The molecule has 1 heterocycles. The summed E-state index contributed by atoms with van der Waals surface area (Å²) in [6.07, 6.45) is -16.4. The van der Waals surface area contributed by atoms with E-state index < -0.39 is 184 Å². The summed E-state index contributed by atoms with van der Waals surface area (Å²) in [7, 11) is 0. The Morgan fingerprint density at radius 2 is 1.67 bits per heavy atom. The minimum Gasteiger partial charge on any atom is -0.336 e. The first-order valence-electron chi connectivity index (χ1n) is 24.8. The summed E-state index contributed by atoms with van der Waals surface area (Å²) in [6.45, 7) is -4.59. The van der Waals surface area contributed by atoms with E-state index in [1.165, 1.54) is 0 Å². The predicted molar refractivity (Wildman–Crippen MR) is 181 cm³/mol. The minimum atomic E-state index is -5.24. The molecule has 1 aliphatic carbocycles. The van der Waals surface area contributed by atoms with Crippen molar-refractivity contribution in [1.29, 1.82) is 0 Å². The molecule has 1 aromatic heterocycles. The van der Waals surface area contributed by atoms with Crippen LogP contribution in [0.15, 0.2) is 76.4 Å². The van der Waals surface area contributed by atoms with Gasteiger partial charge in [-0.3, -0.25) is 9.59 Å². The maximum atomic E-state index is 15.1. The van der Waals surface area contributed by atoms with Crippen LogP contribution in [0.1, 0.15) is 82.5 Å². The summed E-state index contributed by atoms with van der Waals surface area (Å²) >= 11 is 0.115. The second-order valence-corrected chi connectivity index (χ2v) is 10.9. The van der Waals surface area contributed by atoms with Crippen molar-refractivity contribution >= 4 is 17.7 Å². The summed E-state index contributed by atoms with van der Waals surface area (Å²) < 4.78 is 238. The molecule has 0 saturated heterocycles. The van der Waals surface area contributed by atoms with Gasteiger partial charge in [-0.15, -0.1) is 0 Å². The zero-order valence-electron chi connectivity index (χ0n) is 46.6. The largest absolute Gasteiger partial charge is 0.416 e. The van der Waals surface area contributed by atoms with Crippen LogP contribution in [0.3, 0.4) is 0 Å². The molecule has 0 bridgehead atoms. The molecule has 4 aromatic rings. The Kier molecular flexibility index (Phi) is 5.53. The van der Waals surface area contributed by atoms with Crippen molar-refractivity contribution in [3.8, 4) is 11.1 Å². The summed E-state index contributed by atoms with van der Waals surface area (Å²) in [5.74, 6) is -4.53. The summed E-state index contributed by atoms with van der Waals surface area (Å²) in [6, 6.07) is -13.4. The third kappa shape index (κ3) is 8.54. The number of alkyl halides is 3. The maximum absolute atomic E-state index is 15.1. The van der Waals surface area contributed by atoms with Crippen molar-refractivity contribution in [2.24, 2.45) is 0 Å². The number of hydrogen-bond acceptors (Lipinski definition) is 5. The van der Waals surface area contributed by atoms with Crippen molar-refractivity contribution in [3.63, 3.8) is 0 Å². The van der Waals surface area contributed by atoms with E-state index in [2.05, 4.69) is 4.98 Å². The number of carbonyl (C=O) groups is 1. The zero-order valence-corrected chi connectivity index (χ0v) is 26.4. The normalized spacial score (nSPS) is 22.9. The highest BCUT2D eigenvalue weighted by molar-refractivity contribution is 7.98. The second-order valence-electron chi connectivity index (χ2n) is 9.92. The lowest BCUT2D eigenvalue weighted by Gasteiger charge is -2.28. The number of likely N-dealkylation sites (N-methyl/N-ethyl adjacent to an activating group) is 1. The third-order valence-corrected chi connectivity index (χ3v) is 7.78. The molecule has 0 radical (unpaired) electrons. The van der Waals surface area contributed by atoms with Gasteiger partial charge in [-0.25, -0.2) is 4.39 Å². The first-order valence-corrected chi connectivity index (χ1v) is 15.2. The molecule has 0 spiro atoms. The van der Waals surface area contributed by atoms with Crippen LogP contribution in [0, 0.1) is 12.7 Å². The molecule has 48 heavy (non-hydrogen) atoms. The highest BCUT2D eigenvalue weighted by atomic mass is 32.2. The van der Waals surface area contributed by atoms with Gasteiger partial charge in [0, 0.05) is 44.8 Å². The van der Waals surface area contributed by atoms with Gasteiger partial charge >= 0.3 is 6.18 Å². The van der Waals surface area contributed by atoms with E-state index in [-0.39, 0.29) is 40.9 Å². The number of thioether (sulfide) groups is 1. The van der Waals surface area contributed by atoms with Gasteiger partial charge in [0.05, 0.1) is 26.1 Å². The Bertz CT molecular complexity index is 2770. The van der Waals surface area contributed by atoms with E-state index in [1.807, 2.05) is 0 Å². The van der Waals surface area contributed by atoms with Crippen molar-refractivity contribution in [1.82, 2.24) is 19.4 Å². The molecule has 254 valence electrons. The van der Waals surface area contributed by atoms with Crippen molar-refractivity contribution in [2.75, 3.05) is 26.2 Å². The molecule has 0 fully saturated rings. The van der Waals surface area contributed by atoms with Crippen molar-refractivity contribution in [3.05, 3.63) is 116 Å². The van der Waals surface area contributed by atoms with Crippen molar-refractivity contribution in [2.45, 2.75) is 70.0 Å². The number of rotatable bonds is 13. The van der Waals surface area contributed by atoms with E-state index >= 15 is 4.79 Å². The van der Waals surface area contributed by atoms with Gasteiger partial charge in [-0.1, -0.05) is 73.9 Å². The van der Waals surface area contributed by atoms with Crippen LogP contribution in [0.5, 0.6) is 0 Å². The first-order chi connectivity index (χ1) is 31.4. The molecule has 11 heteroatoms. The van der Waals surface area contributed by atoms with Gasteiger partial charge in [0.15, 0.2) is 5.16 Å². The molecule has 5 rings (SSSR count). The number of hydrogen-bond donors (Lipinski definition) is 0. The molecule has 1 amide bonds. The quantitative estimate of drug-likeness (QED) is 0.0820. The number of fused-ring (bicyclic) bond motifs is 1. The fourth-order valence-electron chi connectivity index (χ4n) is 4.30. The number of aromatic nitrogens is 2. The molecule has 0 atom stereocenters. The molecule has 0 saturated carbocycles. The van der Waals surface area contributed by atoms with E-state index in [0.717, 1.165) is 6.92 Å². The van der Waals surface area contributed by atoms with Crippen LogP contribution >= 0.6 is 11.8 Å². The van der Waals surface area contributed by atoms with Gasteiger partial charge in [0.25, 0.3) is 5.56 Å². The van der Waals surface area contributed by atoms with E-state index in [0.29, 0.717) is 0 Å². The van der Waals surface area contributed by atoms with Gasteiger partial charge < -0.3 is 14.4 Å². The summed E-state index contributed by atoms with van der Waals surface area (Å²) in [4.78, 5) is 34.1. The Balaban J connectivity index is 1.83. The zero-order chi connectivity index (χ0) is 53.0. The van der Waals surface area contributed by atoms with Crippen LogP contribution in [-0.2, 0) is 42.5 Å². The SMILES string of the molecule is [2H]c1c([2H])c(CSc2nc(=O)c3c(n2C([2H])([2H])C(=O)N(CCN(CC)CC)C([2H])([2H])c2c([2H])c([2H])c(-c4c([2H])c([2H])c(C(F)(F)F)c(C)c4[2H])c([2H])c2[2H])C([2H])([2H])C([2H])([2H])C3([2H])[2H])c([2H])c([2H])c1F. The highest BCUT2D eigenvalue weighted by Crippen LogP contribution is 2.34. The number of carbonyl (C=O) groups excluding carboxylic acids is 1. The van der Waals surface area contributed by atoms with Crippen LogP contribution in [0.4, 0.5) is 17.6 Å². The van der Waals surface area contributed by atoms with Crippen LogP contribution in [0.2, 0.25) is 0 Å². The second kappa shape index (κ2) is 15.5. The van der Waals surface area contributed by atoms with Crippen LogP contribution in [0.25, 0.3) is 11.1 Å². The summed E-state index contributed by atoms with van der Waals surface area (Å²) in [5.41, 5.74) is -11.1. The number of benzene rings is 3. The Morgan fingerprint density at radius 3 is 2.33 bits per heavy atom. The van der Waals surface area contributed by atoms with Gasteiger partial charge in [0.1, 0.15) is 12.3 Å². The highest BCUT2D eigenvalue weighted by Gasteiger charge is 2.32. The minimum absolute atomic E-state index is 0.0467. The lowest BCUT2D eigenvalue weighted by atomic mass is 9.98. The molecule has 0 aliphatic heterocycles. The third-order valence-electron chi connectivity index (χ3n) is 6.82. The lowest BCUT2D eigenvalue weighted by molar-refractivity contribution is -0.138. The average Bonchev–Trinajstić information content (AvgIpc) is 3.35. The smallest absolute Gasteiger partial charge is 0.336 e. The Labute approximate surface area is 312 Å². The van der Waals surface area contributed by atoms with Crippen LogP contribution < -0.4 is 5.56 Å². The van der Waals surface area contributed by atoms with E-state index in [4.69, 9.17) is 23.3 Å². The topological polar surface area (TPSA) is 58.4 Å². The Morgan fingerprint density at radius 1 is 1.00 bits per heavy atom. The Hall–Kier alpha value is -3.96. The fraction of sp³-hybridized carbons (Fsp3) is 0.378. The lowest BCUT2D eigenvalue weighted by Crippen LogP contribution is -2.40. The van der Waals surface area contributed by atoms with Gasteiger partial charge in [-0.05, 0) is 85.1 Å². The molecular weight excluding hydrogens is 640 g/mol. The predicted octanol–water partition coefficient (Wildman–Crippen LogP) is 7.53. The van der Waals surface area contributed by atoms with Gasteiger partial charge in [0.2, 0.25) is 5.91 Å². The van der Waals surface area contributed by atoms with Gasteiger partial charge in [-0.2, -0.15) is 18.2 Å². The standard InChI is InChI=1S/C37H40F4N4O2S/c1-4-43(5-2)19-20-44(22-26-9-13-28(14-10-26)29-15-18-32(25(3)21-29)37(39,40)41)34(46)23-45-33-8-6-7-31(33)35(47)42-36(45)48-24-27-11-16-30(38)17-12-27/h9-18,21H,4-8,19-20,22-24H2,1-3H3/i6D2,7D2,8D2,9D,10D,11D,12D,13D,14D,15D,16D,17D,18D,21D,22D2,23D2. The average molecular weight is 702 g/mol. The van der Waals surface area contributed by atoms with Crippen molar-refractivity contribution < 1.29 is 51.1 Å². The maximum Gasteiger partial charge on any atom is 0.416 e. The summed E-state index contributed by atoms with van der Waals surface area (Å²) in [5, 5.41) is -1.11. The first kappa shape index (κ1) is 17.1. The molecular formula is C37H40F4N4O2S. The number of nitrogens with zero attached hydrogens (tertiary/aromatic N) is 4. The monoisotopic (exact) mass is 701 g/mol. The number of amides is 1. The van der Waals surface area contributed by atoms with E-state index in [1.54, 1.807) is 18.7 Å². The number of halogens is 4. The molecule has 6 nitrogen and oxygen atoms in total.